The molecule has 122 valence electrons. The zero-order chi connectivity index (χ0) is 17.0. The summed E-state index contributed by atoms with van der Waals surface area (Å²) in [5.41, 5.74) is 6.05. The van der Waals surface area contributed by atoms with Gasteiger partial charge in [-0.1, -0.05) is 5.16 Å². The highest BCUT2D eigenvalue weighted by Gasteiger charge is 2.33. The van der Waals surface area contributed by atoms with E-state index in [1.807, 2.05) is 0 Å². The molecule has 0 amide bonds. The fraction of sp³-hybridized carbons (Fsp3) is 0.357. The van der Waals surface area contributed by atoms with Crippen molar-refractivity contribution in [3.8, 4) is 11.9 Å². The third-order valence-corrected chi connectivity index (χ3v) is 3.13. The van der Waals surface area contributed by atoms with Crippen molar-refractivity contribution < 1.29 is 22.4 Å². The van der Waals surface area contributed by atoms with Crippen molar-refractivity contribution >= 4 is 0 Å². The lowest BCUT2D eigenvalue weighted by atomic mass is 10.1. The molecule has 0 aliphatic carbocycles. The maximum Gasteiger partial charge on any atom is 0.433 e. The minimum Gasteiger partial charge on any atom is -0.477 e. The molecule has 2 heterocycles. The molecule has 0 aliphatic heterocycles. The van der Waals surface area contributed by atoms with Crippen LogP contribution in [0.2, 0.25) is 0 Å². The zero-order valence-corrected chi connectivity index (χ0v) is 12.1. The number of alkyl halides is 3. The van der Waals surface area contributed by atoms with Crippen LogP contribution in [0, 0.1) is 18.3 Å². The minimum absolute atomic E-state index is 0.00518. The Hall–Kier alpha value is -2.60. The van der Waals surface area contributed by atoms with E-state index in [9.17, 15) is 13.2 Å². The second kappa shape index (κ2) is 6.66. The normalized spacial score (nSPS) is 12.7. The van der Waals surface area contributed by atoms with E-state index in [2.05, 4.69) is 10.1 Å². The van der Waals surface area contributed by atoms with Crippen molar-refractivity contribution in [3.05, 3.63) is 40.9 Å². The van der Waals surface area contributed by atoms with Crippen LogP contribution in [0.5, 0.6) is 5.88 Å². The molecule has 2 rings (SSSR count). The van der Waals surface area contributed by atoms with Gasteiger partial charge < -0.3 is 15.0 Å². The summed E-state index contributed by atoms with van der Waals surface area (Å²) in [5, 5.41) is 12.6. The predicted octanol–water partition coefficient (Wildman–Crippen LogP) is 2.74. The summed E-state index contributed by atoms with van der Waals surface area (Å²) in [5.74, 6) is -0.364. The van der Waals surface area contributed by atoms with Crippen molar-refractivity contribution in [3.63, 3.8) is 0 Å². The van der Waals surface area contributed by atoms with Gasteiger partial charge in [0.25, 0.3) is 0 Å². The lowest BCUT2D eigenvalue weighted by Crippen LogP contribution is -2.16. The smallest absolute Gasteiger partial charge is 0.433 e. The number of nitrogens with zero attached hydrogens (tertiary/aromatic N) is 3. The Bertz CT molecular complexity index is 722. The van der Waals surface area contributed by atoms with Crippen LogP contribution in [0.15, 0.2) is 22.9 Å². The number of hydrogen-bond acceptors (Lipinski definition) is 6. The van der Waals surface area contributed by atoms with Gasteiger partial charge in [0.2, 0.25) is 5.88 Å². The van der Waals surface area contributed by atoms with Crippen molar-refractivity contribution in [2.45, 2.75) is 25.6 Å². The van der Waals surface area contributed by atoms with E-state index in [0.717, 1.165) is 12.1 Å². The monoisotopic (exact) mass is 326 g/mol. The molecule has 6 nitrogen and oxygen atoms in total. The highest BCUT2D eigenvalue weighted by molar-refractivity contribution is 5.39. The van der Waals surface area contributed by atoms with Crippen LogP contribution < -0.4 is 10.5 Å². The minimum atomic E-state index is -4.61. The first-order chi connectivity index (χ1) is 10.8. The average Bonchev–Trinajstić information content (AvgIpc) is 2.92. The fourth-order valence-corrected chi connectivity index (χ4v) is 1.89. The molecule has 0 saturated carbocycles. The van der Waals surface area contributed by atoms with E-state index in [1.54, 1.807) is 13.0 Å². The van der Waals surface area contributed by atoms with Crippen LogP contribution in [-0.2, 0) is 6.18 Å². The Labute approximate surface area is 129 Å². The molecule has 0 bridgehead atoms. The van der Waals surface area contributed by atoms with E-state index in [4.69, 9.17) is 20.3 Å². The van der Waals surface area contributed by atoms with Crippen molar-refractivity contribution in [2.75, 3.05) is 6.61 Å². The third-order valence-electron chi connectivity index (χ3n) is 3.13. The number of ether oxygens (including phenoxy) is 1. The number of halogens is 3. The van der Waals surface area contributed by atoms with E-state index in [1.165, 1.54) is 6.26 Å². The van der Waals surface area contributed by atoms with E-state index in [-0.39, 0.29) is 18.1 Å². The Morgan fingerprint density at radius 2 is 2.17 bits per heavy atom. The maximum absolute atomic E-state index is 12.6. The summed E-state index contributed by atoms with van der Waals surface area (Å²) in [6, 6.07) is 3.05. The Balaban J connectivity index is 2.05. The number of pyridine rings is 1. The number of hydrogen-bond donors (Lipinski definition) is 1. The van der Waals surface area contributed by atoms with Crippen LogP contribution in [0.25, 0.3) is 0 Å². The van der Waals surface area contributed by atoms with Crippen LogP contribution in [0.4, 0.5) is 13.2 Å². The molecule has 0 aliphatic rings. The van der Waals surface area contributed by atoms with Crippen molar-refractivity contribution in [1.29, 1.82) is 5.26 Å². The van der Waals surface area contributed by atoms with Crippen molar-refractivity contribution in [1.82, 2.24) is 10.1 Å². The van der Waals surface area contributed by atoms with Gasteiger partial charge in [0.05, 0.1) is 12.3 Å². The quantitative estimate of drug-likeness (QED) is 0.907. The summed E-state index contributed by atoms with van der Waals surface area (Å²) < 4.78 is 47.9. The second-order valence-electron chi connectivity index (χ2n) is 4.76. The maximum atomic E-state index is 12.6. The Kier molecular flexibility index (Phi) is 4.86. The molecule has 0 fully saturated rings. The molecule has 0 aromatic carbocycles. The largest absolute Gasteiger partial charge is 0.477 e. The summed E-state index contributed by atoms with van der Waals surface area (Å²) in [6.45, 7) is 1.72. The molecule has 2 N–H and O–H groups in total. The number of aromatic nitrogens is 2. The molecular weight excluding hydrogens is 313 g/mol. The first kappa shape index (κ1) is 16.8. The number of aryl methyl sites for hydroxylation is 1. The molecule has 0 saturated heterocycles. The standard InChI is InChI=1S/C14H13F3N4O2/c1-8-10(7-23-21-8)11(19)4-5-22-13-9(6-18)2-3-12(20-13)14(15,16)17/h2-3,7,11H,4-5,19H2,1H3. The first-order valence-electron chi connectivity index (χ1n) is 6.60. The van der Waals surface area contributed by atoms with Crippen LogP contribution >= 0.6 is 0 Å². The van der Waals surface area contributed by atoms with Gasteiger partial charge in [0.15, 0.2) is 0 Å². The summed E-state index contributed by atoms with van der Waals surface area (Å²) >= 11 is 0. The molecule has 0 radical (unpaired) electrons. The Morgan fingerprint density at radius 3 is 2.74 bits per heavy atom. The molecule has 2 aromatic heterocycles. The van der Waals surface area contributed by atoms with Crippen LogP contribution in [0.3, 0.4) is 0 Å². The van der Waals surface area contributed by atoms with Crippen molar-refractivity contribution in [2.24, 2.45) is 5.73 Å². The van der Waals surface area contributed by atoms with Gasteiger partial charge in [-0.05, 0) is 19.1 Å². The fourth-order valence-electron chi connectivity index (χ4n) is 1.89. The highest BCUT2D eigenvalue weighted by Crippen LogP contribution is 2.30. The zero-order valence-electron chi connectivity index (χ0n) is 12.1. The molecule has 1 unspecified atom stereocenters. The topological polar surface area (TPSA) is 98.0 Å². The summed E-state index contributed by atoms with van der Waals surface area (Å²) in [4.78, 5) is 3.35. The molecular formula is C14H13F3N4O2. The Morgan fingerprint density at radius 1 is 1.43 bits per heavy atom. The SMILES string of the molecule is Cc1nocc1C(N)CCOc1nc(C(F)(F)F)ccc1C#N. The molecule has 9 heteroatoms. The third kappa shape index (κ3) is 3.98. The first-order valence-corrected chi connectivity index (χ1v) is 6.60. The van der Waals surface area contributed by atoms with Gasteiger partial charge in [-0.15, -0.1) is 0 Å². The molecule has 23 heavy (non-hydrogen) atoms. The molecule has 0 spiro atoms. The van der Waals surface area contributed by atoms with Crippen LogP contribution in [-0.4, -0.2) is 16.7 Å². The number of rotatable bonds is 5. The van der Waals surface area contributed by atoms with Gasteiger partial charge >= 0.3 is 6.18 Å². The summed E-state index contributed by atoms with van der Waals surface area (Å²) in [6.07, 6.45) is -2.91. The van der Waals surface area contributed by atoms with Gasteiger partial charge in [-0.2, -0.15) is 18.4 Å². The van der Waals surface area contributed by atoms with E-state index < -0.39 is 17.9 Å². The van der Waals surface area contributed by atoms with Crippen LogP contribution in [0.1, 0.15) is 35.0 Å². The van der Waals surface area contributed by atoms with E-state index in [0.29, 0.717) is 17.7 Å². The predicted molar refractivity (Wildman–Crippen MR) is 72.2 cm³/mol. The van der Waals surface area contributed by atoms with Gasteiger partial charge in [-0.25, -0.2) is 4.98 Å². The van der Waals surface area contributed by atoms with Gasteiger partial charge in [0.1, 0.15) is 23.6 Å². The van der Waals surface area contributed by atoms with Gasteiger partial charge in [-0.3, -0.25) is 0 Å². The molecule has 2 aromatic rings. The lowest BCUT2D eigenvalue weighted by Gasteiger charge is -2.13. The highest BCUT2D eigenvalue weighted by atomic mass is 19.4. The number of nitriles is 1. The number of nitrogens with two attached hydrogens (primary N) is 1. The van der Waals surface area contributed by atoms with Gasteiger partial charge in [0, 0.05) is 18.0 Å². The lowest BCUT2D eigenvalue weighted by molar-refractivity contribution is -0.141. The second-order valence-corrected chi connectivity index (χ2v) is 4.76. The van der Waals surface area contributed by atoms with E-state index >= 15 is 0 Å². The average molecular weight is 326 g/mol. The summed E-state index contributed by atoms with van der Waals surface area (Å²) in [7, 11) is 0. The molecule has 1 atom stereocenters.